The van der Waals surface area contributed by atoms with Gasteiger partial charge in [0.05, 0.1) is 6.54 Å². The number of hydrogen-bond acceptors (Lipinski definition) is 2. The number of anilines is 1. The first kappa shape index (κ1) is 14.1. The lowest BCUT2D eigenvalue weighted by molar-refractivity contribution is -0.119. The number of benzene rings is 2. The Morgan fingerprint density at radius 2 is 1.60 bits per heavy atom. The third-order valence-electron chi connectivity index (χ3n) is 3.24. The predicted molar refractivity (Wildman–Crippen MR) is 82.7 cm³/mol. The van der Waals surface area contributed by atoms with Crippen molar-refractivity contribution in [1.82, 2.24) is 5.32 Å². The van der Waals surface area contributed by atoms with Gasteiger partial charge < -0.3 is 10.6 Å². The van der Waals surface area contributed by atoms with E-state index in [4.69, 9.17) is 0 Å². The first-order valence-electron chi connectivity index (χ1n) is 6.77. The molecule has 0 unspecified atom stereocenters. The summed E-state index contributed by atoms with van der Waals surface area (Å²) in [5, 5.41) is 6.11. The minimum absolute atomic E-state index is 0.00324. The van der Waals surface area contributed by atoms with Gasteiger partial charge in [-0.25, -0.2) is 0 Å². The van der Waals surface area contributed by atoms with Crippen molar-refractivity contribution >= 4 is 11.6 Å². The molecule has 0 aliphatic carbocycles. The monoisotopic (exact) mass is 268 g/mol. The average Bonchev–Trinajstić information content (AvgIpc) is 2.46. The summed E-state index contributed by atoms with van der Waals surface area (Å²) in [6.07, 6.45) is 0. The first-order valence-corrected chi connectivity index (χ1v) is 6.77. The van der Waals surface area contributed by atoms with Gasteiger partial charge in [-0.3, -0.25) is 4.79 Å². The Hall–Kier alpha value is -2.29. The van der Waals surface area contributed by atoms with Crippen LogP contribution in [-0.4, -0.2) is 12.5 Å². The predicted octanol–water partition coefficient (Wildman–Crippen LogP) is 3.03. The second kappa shape index (κ2) is 6.75. The molecule has 2 rings (SSSR count). The molecule has 0 spiro atoms. The van der Waals surface area contributed by atoms with Crippen LogP contribution in [0.5, 0.6) is 0 Å². The molecule has 20 heavy (non-hydrogen) atoms. The summed E-state index contributed by atoms with van der Waals surface area (Å²) in [7, 11) is 0. The van der Waals surface area contributed by atoms with Crippen molar-refractivity contribution in [3.05, 3.63) is 65.2 Å². The molecule has 1 amide bonds. The lowest BCUT2D eigenvalue weighted by Crippen LogP contribution is -2.29. The molecule has 0 heterocycles. The van der Waals surface area contributed by atoms with Crippen molar-refractivity contribution < 1.29 is 4.79 Å². The van der Waals surface area contributed by atoms with Gasteiger partial charge in [-0.05, 0) is 30.5 Å². The number of para-hydroxylation sites is 1. The molecular weight excluding hydrogens is 248 g/mol. The molecule has 0 saturated carbocycles. The Labute approximate surface area is 120 Å². The number of hydrogen-bond donors (Lipinski definition) is 2. The fourth-order valence-electron chi connectivity index (χ4n) is 2.12. The van der Waals surface area contributed by atoms with Gasteiger partial charge in [0.15, 0.2) is 0 Å². The van der Waals surface area contributed by atoms with E-state index in [1.54, 1.807) is 0 Å². The summed E-state index contributed by atoms with van der Waals surface area (Å²) in [6, 6.07) is 16.0. The van der Waals surface area contributed by atoms with Gasteiger partial charge in [-0.2, -0.15) is 0 Å². The minimum atomic E-state index is -0.00324. The second-order valence-corrected chi connectivity index (χ2v) is 4.88. The van der Waals surface area contributed by atoms with Crippen LogP contribution in [0.4, 0.5) is 5.69 Å². The Morgan fingerprint density at radius 1 is 0.950 bits per heavy atom. The quantitative estimate of drug-likeness (QED) is 0.875. The summed E-state index contributed by atoms with van der Waals surface area (Å²) in [4.78, 5) is 11.8. The van der Waals surface area contributed by atoms with E-state index < -0.39 is 0 Å². The Balaban J connectivity index is 1.84. The van der Waals surface area contributed by atoms with E-state index in [1.807, 2.05) is 62.4 Å². The van der Waals surface area contributed by atoms with Crippen LogP contribution in [0.3, 0.4) is 0 Å². The molecule has 3 heteroatoms. The number of carbonyl (C=O) groups is 1. The molecule has 0 bridgehead atoms. The van der Waals surface area contributed by atoms with Crippen LogP contribution in [0, 0.1) is 13.8 Å². The molecule has 2 N–H and O–H groups in total. The van der Waals surface area contributed by atoms with Crippen LogP contribution in [-0.2, 0) is 11.3 Å². The van der Waals surface area contributed by atoms with Crippen LogP contribution in [0.1, 0.15) is 16.7 Å². The summed E-state index contributed by atoms with van der Waals surface area (Å²) < 4.78 is 0. The summed E-state index contributed by atoms with van der Waals surface area (Å²) in [5.41, 5.74) is 4.46. The molecule has 2 aromatic carbocycles. The lowest BCUT2D eigenvalue weighted by Gasteiger charge is -2.12. The Kier molecular flexibility index (Phi) is 4.77. The second-order valence-electron chi connectivity index (χ2n) is 4.88. The zero-order valence-corrected chi connectivity index (χ0v) is 11.9. The van der Waals surface area contributed by atoms with E-state index in [1.165, 1.54) is 0 Å². The molecular formula is C17H20N2O. The first-order chi connectivity index (χ1) is 9.66. The fourth-order valence-corrected chi connectivity index (χ4v) is 2.12. The van der Waals surface area contributed by atoms with E-state index in [0.29, 0.717) is 13.1 Å². The number of nitrogens with one attached hydrogen (secondary N) is 2. The molecule has 0 saturated heterocycles. The van der Waals surface area contributed by atoms with Crippen LogP contribution < -0.4 is 10.6 Å². The molecule has 104 valence electrons. The maximum absolute atomic E-state index is 11.8. The standard InChI is InChI=1S/C17H20N2O/c1-13-7-6-8-14(2)17(13)19-12-16(20)18-11-15-9-4-3-5-10-15/h3-10,19H,11-12H2,1-2H3,(H,18,20). The highest BCUT2D eigenvalue weighted by Gasteiger charge is 2.04. The van der Waals surface area contributed by atoms with Crippen LogP contribution in [0.2, 0.25) is 0 Å². The smallest absolute Gasteiger partial charge is 0.239 e. The number of aryl methyl sites for hydroxylation is 2. The van der Waals surface area contributed by atoms with Gasteiger partial charge in [0.2, 0.25) is 5.91 Å². The van der Waals surface area contributed by atoms with E-state index in [9.17, 15) is 4.79 Å². The highest BCUT2D eigenvalue weighted by Crippen LogP contribution is 2.18. The molecule has 0 aliphatic heterocycles. The van der Waals surface area contributed by atoms with Crippen molar-refractivity contribution in [3.63, 3.8) is 0 Å². The van der Waals surface area contributed by atoms with E-state index in [-0.39, 0.29) is 5.91 Å². The van der Waals surface area contributed by atoms with Crippen LogP contribution >= 0.6 is 0 Å². The molecule has 2 aromatic rings. The van der Waals surface area contributed by atoms with Gasteiger partial charge in [0.1, 0.15) is 0 Å². The highest BCUT2D eigenvalue weighted by atomic mass is 16.1. The Morgan fingerprint density at radius 3 is 2.25 bits per heavy atom. The van der Waals surface area contributed by atoms with Gasteiger partial charge in [0.25, 0.3) is 0 Å². The van der Waals surface area contributed by atoms with E-state index >= 15 is 0 Å². The van der Waals surface area contributed by atoms with Crippen molar-refractivity contribution in [3.8, 4) is 0 Å². The normalized spacial score (nSPS) is 10.1. The molecule has 3 nitrogen and oxygen atoms in total. The maximum atomic E-state index is 11.8. The van der Waals surface area contributed by atoms with Crippen molar-refractivity contribution in [2.24, 2.45) is 0 Å². The van der Waals surface area contributed by atoms with Crippen molar-refractivity contribution in [2.75, 3.05) is 11.9 Å². The minimum Gasteiger partial charge on any atom is -0.376 e. The highest BCUT2D eigenvalue weighted by molar-refractivity contribution is 5.81. The van der Waals surface area contributed by atoms with Crippen LogP contribution in [0.15, 0.2) is 48.5 Å². The molecule has 0 fully saturated rings. The maximum Gasteiger partial charge on any atom is 0.239 e. The van der Waals surface area contributed by atoms with Gasteiger partial charge in [0, 0.05) is 12.2 Å². The van der Waals surface area contributed by atoms with E-state index in [0.717, 1.165) is 22.4 Å². The van der Waals surface area contributed by atoms with Crippen molar-refractivity contribution in [1.29, 1.82) is 0 Å². The van der Waals surface area contributed by atoms with Crippen LogP contribution in [0.25, 0.3) is 0 Å². The zero-order valence-electron chi connectivity index (χ0n) is 11.9. The van der Waals surface area contributed by atoms with Crippen molar-refractivity contribution in [2.45, 2.75) is 20.4 Å². The molecule has 0 aliphatic rings. The zero-order chi connectivity index (χ0) is 14.4. The van der Waals surface area contributed by atoms with Gasteiger partial charge in [-0.1, -0.05) is 48.5 Å². The topological polar surface area (TPSA) is 41.1 Å². The van der Waals surface area contributed by atoms with Gasteiger partial charge in [-0.15, -0.1) is 0 Å². The summed E-state index contributed by atoms with van der Waals surface area (Å²) in [6.45, 7) is 4.93. The molecule has 0 atom stereocenters. The number of amides is 1. The van der Waals surface area contributed by atoms with Gasteiger partial charge >= 0.3 is 0 Å². The third kappa shape index (κ3) is 3.85. The largest absolute Gasteiger partial charge is 0.376 e. The lowest BCUT2D eigenvalue weighted by atomic mass is 10.1. The number of carbonyl (C=O) groups excluding carboxylic acids is 1. The number of rotatable bonds is 5. The molecule has 0 radical (unpaired) electrons. The SMILES string of the molecule is Cc1cccc(C)c1NCC(=O)NCc1ccccc1. The summed E-state index contributed by atoms with van der Waals surface area (Å²) >= 11 is 0. The third-order valence-corrected chi connectivity index (χ3v) is 3.24. The van der Waals surface area contributed by atoms with E-state index in [2.05, 4.69) is 10.6 Å². The average molecular weight is 268 g/mol. The summed E-state index contributed by atoms with van der Waals surface area (Å²) in [5.74, 6) is -0.00324. The Bertz CT molecular complexity index is 559. The molecule has 0 aromatic heterocycles. The fraction of sp³-hybridized carbons (Fsp3) is 0.235.